The van der Waals surface area contributed by atoms with E-state index in [0.717, 1.165) is 43.6 Å². The molecule has 1 saturated heterocycles. The van der Waals surface area contributed by atoms with E-state index in [1.165, 1.54) is 6.20 Å². The van der Waals surface area contributed by atoms with E-state index in [9.17, 15) is 18.3 Å². The first kappa shape index (κ1) is 26.0. The average molecular weight is 527 g/mol. The predicted molar refractivity (Wildman–Crippen MR) is 125 cm³/mol. The maximum Gasteiger partial charge on any atom is 0.434 e. The molecular formula is C22H25F3N6O4S. The lowest BCUT2D eigenvalue weighted by atomic mass is 10.2. The summed E-state index contributed by atoms with van der Waals surface area (Å²) in [6.45, 7) is 3.13. The maximum absolute atomic E-state index is 12.7. The van der Waals surface area contributed by atoms with Crippen LogP contribution in [-0.4, -0.2) is 50.5 Å². The number of aliphatic hydroxyl groups excluding tert-OH is 1. The van der Waals surface area contributed by atoms with Crippen LogP contribution < -0.4 is 15.4 Å². The van der Waals surface area contributed by atoms with E-state index in [1.807, 2.05) is 0 Å². The third kappa shape index (κ3) is 7.00. The molecule has 3 aromatic heterocycles. The summed E-state index contributed by atoms with van der Waals surface area (Å²) in [5.74, 6) is 0.488. The second-order valence-corrected chi connectivity index (χ2v) is 8.64. The van der Waals surface area contributed by atoms with E-state index in [-0.39, 0.29) is 12.1 Å². The fraction of sp³-hybridized carbons (Fsp3) is 0.455. The fourth-order valence-electron chi connectivity index (χ4n) is 3.39. The zero-order chi connectivity index (χ0) is 25.5. The molecule has 0 spiro atoms. The molecule has 0 amide bonds. The number of alkyl halides is 3. The summed E-state index contributed by atoms with van der Waals surface area (Å²) in [4.78, 5) is 11.3. The van der Waals surface area contributed by atoms with Crippen LogP contribution in [0.1, 0.15) is 42.4 Å². The van der Waals surface area contributed by atoms with Crippen molar-refractivity contribution < 1.29 is 32.5 Å². The summed E-state index contributed by atoms with van der Waals surface area (Å²) in [5, 5.41) is 17.0. The van der Waals surface area contributed by atoms with Crippen molar-refractivity contribution >= 4 is 28.0 Å². The Kier molecular flexibility index (Phi) is 8.51. The first-order valence-electron chi connectivity index (χ1n) is 11.2. The fourth-order valence-corrected chi connectivity index (χ4v) is 4.23. The number of pyridine rings is 1. The monoisotopic (exact) mass is 526 g/mol. The minimum absolute atomic E-state index is 0.0855. The van der Waals surface area contributed by atoms with Gasteiger partial charge in [-0.05, 0) is 43.8 Å². The largest absolute Gasteiger partial charge is 0.475 e. The van der Waals surface area contributed by atoms with Crippen LogP contribution in [0.25, 0.3) is 0 Å². The molecule has 0 aliphatic carbocycles. The average Bonchev–Trinajstić information content (AvgIpc) is 3.23. The van der Waals surface area contributed by atoms with Crippen molar-refractivity contribution in [2.75, 3.05) is 30.5 Å². The van der Waals surface area contributed by atoms with Gasteiger partial charge in [0.25, 0.3) is 0 Å². The van der Waals surface area contributed by atoms with Crippen LogP contribution in [0.4, 0.5) is 29.7 Å². The Hall–Kier alpha value is -3.07. The molecule has 1 aliphatic heterocycles. The SMILES string of the molecule is Cc1nsc(Nc2cnc(C(F)(F)F)cn2)c1C(O)Nc1ccc(OCCOC2CCCCO2)nc1. The Morgan fingerprint density at radius 1 is 1.17 bits per heavy atom. The standard InChI is InChI=1S/C22H25F3N6O4S/c1-13-19(21(36-31-13)30-16-12-26-15(11-27-16)22(23,24)25)20(32)29-14-5-6-17(28-10-14)33-8-9-35-18-4-2-3-7-34-18/h5-6,10-12,18,20,29,32H,2-4,7-9H2,1H3,(H,27,30). The smallest absolute Gasteiger partial charge is 0.434 e. The molecule has 10 nitrogen and oxygen atoms in total. The Labute approximate surface area is 209 Å². The number of anilines is 3. The summed E-state index contributed by atoms with van der Waals surface area (Å²) in [5.41, 5.74) is 0.384. The summed E-state index contributed by atoms with van der Waals surface area (Å²) in [6, 6.07) is 3.35. The molecule has 2 atom stereocenters. The third-order valence-corrected chi connectivity index (χ3v) is 6.05. The molecule has 0 radical (unpaired) electrons. The zero-order valence-corrected chi connectivity index (χ0v) is 20.1. The maximum atomic E-state index is 12.7. The van der Waals surface area contributed by atoms with Crippen molar-refractivity contribution in [3.63, 3.8) is 0 Å². The summed E-state index contributed by atoms with van der Waals surface area (Å²) < 4.78 is 59.0. The molecule has 0 saturated carbocycles. The van der Waals surface area contributed by atoms with Crippen molar-refractivity contribution in [3.8, 4) is 5.88 Å². The van der Waals surface area contributed by atoms with E-state index >= 15 is 0 Å². The highest BCUT2D eigenvalue weighted by atomic mass is 32.1. The van der Waals surface area contributed by atoms with Gasteiger partial charge in [-0.1, -0.05) is 0 Å². The van der Waals surface area contributed by atoms with E-state index in [1.54, 1.807) is 19.1 Å². The van der Waals surface area contributed by atoms with Crippen LogP contribution in [0.15, 0.2) is 30.7 Å². The number of rotatable bonds is 10. The van der Waals surface area contributed by atoms with E-state index < -0.39 is 18.1 Å². The number of hydrogen-bond donors (Lipinski definition) is 3. The molecule has 1 fully saturated rings. The van der Waals surface area contributed by atoms with Crippen LogP contribution in [0.2, 0.25) is 0 Å². The van der Waals surface area contributed by atoms with Gasteiger partial charge in [0.1, 0.15) is 17.4 Å². The van der Waals surface area contributed by atoms with Gasteiger partial charge in [0.2, 0.25) is 5.88 Å². The van der Waals surface area contributed by atoms with Crippen molar-refractivity contribution in [2.24, 2.45) is 0 Å². The third-order valence-electron chi connectivity index (χ3n) is 5.18. The van der Waals surface area contributed by atoms with Crippen LogP contribution in [0.3, 0.4) is 0 Å². The highest BCUT2D eigenvalue weighted by Gasteiger charge is 2.32. The minimum Gasteiger partial charge on any atom is -0.475 e. The molecule has 1 aliphatic rings. The van der Waals surface area contributed by atoms with Crippen LogP contribution in [-0.2, 0) is 15.7 Å². The highest BCUT2D eigenvalue weighted by Crippen LogP contribution is 2.33. The number of aryl methyl sites for hydroxylation is 1. The molecule has 4 heterocycles. The van der Waals surface area contributed by atoms with Crippen molar-refractivity contribution in [1.82, 2.24) is 19.3 Å². The zero-order valence-electron chi connectivity index (χ0n) is 19.3. The Balaban J connectivity index is 1.30. The number of nitrogens with zero attached hydrogens (tertiary/aromatic N) is 4. The number of ether oxygens (including phenoxy) is 3. The van der Waals surface area contributed by atoms with Gasteiger partial charge < -0.3 is 30.0 Å². The minimum atomic E-state index is -4.58. The van der Waals surface area contributed by atoms with Crippen molar-refractivity contribution in [2.45, 2.75) is 44.9 Å². The topological polar surface area (TPSA) is 124 Å². The molecule has 0 aromatic carbocycles. The van der Waals surface area contributed by atoms with E-state index in [0.29, 0.717) is 47.2 Å². The second-order valence-electron chi connectivity index (χ2n) is 7.87. The predicted octanol–water partition coefficient (Wildman–Crippen LogP) is 4.42. The van der Waals surface area contributed by atoms with Crippen molar-refractivity contribution in [3.05, 3.63) is 47.7 Å². The van der Waals surface area contributed by atoms with Crippen LogP contribution in [0, 0.1) is 6.92 Å². The van der Waals surface area contributed by atoms with Gasteiger partial charge in [-0.2, -0.15) is 17.5 Å². The van der Waals surface area contributed by atoms with Gasteiger partial charge in [-0.15, -0.1) is 0 Å². The normalized spacial score (nSPS) is 17.0. The summed E-state index contributed by atoms with van der Waals surface area (Å²) >= 11 is 1.04. The van der Waals surface area contributed by atoms with Gasteiger partial charge in [0, 0.05) is 12.7 Å². The lowest BCUT2D eigenvalue weighted by Crippen LogP contribution is -2.24. The molecule has 194 valence electrons. The van der Waals surface area contributed by atoms with Gasteiger partial charge >= 0.3 is 6.18 Å². The number of hydrogen-bond acceptors (Lipinski definition) is 11. The molecule has 3 aromatic rings. The van der Waals surface area contributed by atoms with Crippen LogP contribution in [0.5, 0.6) is 5.88 Å². The first-order valence-corrected chi connectivity index (χ1v) is 12.0. The molecule has 0 bridgehead atoms. The molecular weight excluding hydrogens is 501 g/mol. The van der Waals surface area contributed by atoms with Gasteiger partial charge in [-0.3, -0.25) is 0 Å². The van der Waals surface area contributed by atoms with Gasteiger partial charge in [0.15, 0.2) is 18.2 Å². The summed E-state index contributed by atoms with van der Waals surface area (Å²) in [6.07, 6.45) is 0.216. The Bertz CT molecular complexity index is 1110. The quantitative estimate of drug-likeness (QED) is 0.258. The molecule has 14 heteroatoms. The van der Waals surface area contributed by atoms with E-state index in [2.05, 4.69) is 30.0 Å². The number of aromatic nitrogens is 4. The first-order chi connectivity index (χ1) is 17.3. The molecule has 36 heavy (non-hydrogen) atoms. The number of halogens is 3. The number of aliphatic hydroxyl groups is 1. The lowest BCUT2D eigenvalue weighted by Gasteiger charge is -2.22. The second kappa shape index (κ2) is 11.8. The summed E-state index contributed by atoms with van der Waals surface area (Å²) in [7, 11) is 0. The van der Waals surface area contributed by atoms with Crippen LogP contribution >= 0.6 is 11.5 Å². The Morgan fingerprint density at radius 2 is 2.03 bits per heavy atom. The van der Waals surface area contributed by atoms with Crippen molar-refractivity contribution in [1.29, 1.82) is 0 Å². The van der Waals surface area contributed by atoms with E-state index in [4.69, 9.17) is 14.2 Å². The molecule has 3 N–H and O–H groups in total. The lowest BCUT2D eigenvalue weighted by molar-refractivity contribution is -0.165. The van der Waals surface area contributed by atoms with Gasteiger partial charge in [-0.25, -0.2) is 15.0 Å². The molecule has 2 unspecified atom stereocenters. The highest BCUT2D eigenvalue weighted by molar-refractivity contribution is 7.10. The van der Waals surface area contributed by atoms with Gasteiger partial charge in [0.05, 0.1) is 42.1 Å². The number of nitrogens with one attached hydrogen (secondary N) is 2. The molecule has 4 rings (SSSR count). The Morgan fingerprint density at radius 3 is 2.69 bits per heavy atom.